The zero-order chi connectivity index (χ0) is 18.1. The maximum absolute atomic E-state index is 11.8. The van der Waals surface area contributed by atoms with Gasteiger partial charge in [0, 0.05) is 39.3 Å². The van der Waals surface area contributed by atoms with Crippen LogP contribution < -0.4 is 5.32 Å². The number of nitrogens with zero attached hydrogens (tertiary/aromatic N) is 4. The van der Waals surface area contributed by atoms with Crippen LogP contribution in [0.4, 0.5) is 4.79 Å². The van der Waals surface area contributed by atoms with E-state index in [2.05, 4.69) is 29.1 Å². The van der Waals surface area contributed by atoms with Crippen LogP contribution in [0.3, 0.4) is 0 Å². The second-order valence-electron chi connectivity index (χ2n) is 6.94. The van der Waals surface area contributed by atoms with Crippen molar-refractivity contribution < 1.29 is 9.53 Å². The number of guanidine groups is 1. The van der Waals surface area contributed by atoms with Crippen molar-refractivity contribution in [3.63, 3.8) is 0 Å². The molecule has 144 valence electrons. The molecule has 0 aromatic carbocycles. The van der Waals surface area contributed by atoms with Gasteiger partial charge in [0.25, 0.3) is 0 Å². The monoisotopic (exact) mass is 353 g/mol. The van der Waals surface area contributed by atoms with Crippen LogP contribution in [0.25, 0.3) is 0 Å². The Hall–Kier alpha value is -1.50. The van der Waals surface area contributed by atoms with Gasteiger partial charge >= 0.3 is 6.09 Å². The van der Waals surface area contributed by atoms with E-state index in [1.807, 2.05) is 6.92 Å². The van der Waals surface area contributed by atoms with Gasteiger partial charge in [0.1, 0.15) is 0 Å². The van der Waals surface area contributed by atoms with Crippen LogP contribution in [-0.2, 0) is 4.74 Å². The van der Waals surface area contributed by atoms with Gasteiger partial charge in [-0.3, -0.25) is 4.99 Å². The number of aliphatic imine (C=N–C) groups is 1. The van der Waals surface area contributed by atoms with Gasteiger partial charge in [0.15, 0.2) is 5.96 Å². The maximum atomic E-state index is 11.8. The summed E-state index contributed by atoms with van der Waals surface area (Å²) in [5.74, 6) is 1.79. The van der Waals surface area contributed by atoms with Crippen molar-refractivity contribution in [2.75, 3.05) is 66.0 Å². The molecule has 0 radical (unpaired) electrons. The second-order valence-corrected chi connectivity index (χ2v) is 6.94. The molecule has 0 unspecified atom stereocenters. The number of rotatable bonds is 5. The van der Waals surface area contributed by atoms with Crippen molar-refractivity contribution in [3.05, 3.63) is 0 Å². The molecule has 25 heavy (non-hydrogen) atoms. The number of hydrogen-bond acceptors (Lipinski definition) is 4. The van der Waals surface area contributed by atoms with E-state index >= 15 is 0 Å². The number of carbonyl (C=O) groups is 1. The average Bonchev–Trinajstić information content (AvgIpc) is 2.63. The fourth-order valence-electron chi connectivity index (χ4n) is 3.45. The van der Waals surface area contributed by atoms with Gasteiger partial charge < -0.3 is 24.8 Å². The molecule has 0 atom stereocenters. The van der Waals surface area contributed by atoms with Crippen LogP contribution in [0, 0.1) is 5.92 Å². The number of ether oxygens (including phenoxy) is 1. The zero-order valence-electron chi connectivity index (χ0n) is 16.2. The summed E-state index contributed by atoms with van der Waals surface area (Å²) in [4.78, 5) is 23.1. The third-order valence-electron chi connectivity index (χ3n) is 5.08. The third-order valence-corrected chi connectivity index (χ3v) is 5.08. The molecule has 2 aliphatic rings. The Kier molecular flexibility index (Phi) is 8.31. The van der Waals surface area contributed by atoms with Crippen LogP contribution in [0.1, 0.15) is 33.1 Å². The first kappa shape index (κ1) is 19.8. The van der Waals surface area contributed by atoms with Gasteiger partial charge in [-0.25, -0.2) is 4.79 Å². The highest BCUT2D eigenvalue weighted by molar-refractivity contribution is 5.80. The fourth-order valence-corrected chi connectivity index (χ4v) is 3.45. The number of piperazine rings is 1. The van der Waals surface area contributed by atoms with E-state index in [1.54, 1.807) is 4.90 Å². The van der Waals surface area contributed by atoms with Crippen molar-refractivity contribution in [1.82, 2.24) is 20.0 Å². The Balaban J connectivity index is 1.78. The topological polar surface area (TPSA) is 60.4 Å². The van der Waals surface area contributed by atoms with Crippen molar-refractivity contribution in [2.24, 2.45) is 10.9 Å². The molecule has 0 aliphatic carbocycles. The molecule has 0 saturated carbocycles. The van der Waals surface area contributed by atoms with Crippen LogP contribution in [0.5, 0.6) is 0 Å². The quantitative estimate of drug-likeness (QED) is 0.599. The lowest BCUT2D eigenvalue weighted by Crippen LogP contribution is -2.54. The molecule has 0 aromatic rings. The minimum atomic E-state index is -0.202. The highest BCUT2D eigenvalue weighted by atomic mass is 16.6. The minimum absolute atomic E-state index is 0.202. The van der Waals surface area contributed by atoms with Crippen LogP contribution >= 0.6 is 0 Å². The number of likely N-dealkylation sites (tertiary alicyclic amines) is 1. The molecule has 2 heterocycles. The van der Waals surface area contributed by atoms with Gasteiger partial charge in [-0.05, 0) is 59.2 Å². The lowest BCUT2D eigenvalue weighted by Gasteiger charge is -2.36. The van der Waals surface area contributed by atoms with Crippen molar-refractivity contribution >= 4 is 12.1 Å². The number of piperidine rings is 1. The van der Waals surface area contributed by atoms with E-state index in [-0.39, 0.29) is 6.09 Å². The van der Waals surface area contributed by atoms with Gasteiger partial charge in [-0.2, -0.15) is 0 Å². The highest BCUT2D eigenvalue weighted by Crippen LogP contribution is 2.19. The number of hydrogen-bond donors (Lipinski definition) is 1. The first-order valence-corrected chi connectivity index (χ1v) is 9.77. The fraction of sp³-hybridized carbons (Fsp3) is 0.889. The second kappa shape index (κ2) is 10.5. The highest BCUT2D eigenvalue weighted by Gasteiger charge is 2.23. The summed E-state index contributed by atoms with van der Waals surface area (Å²) >= 11 is 0. The summed E-state index contributed by atoms with van der Waals surface area (Å²) in [7, 11) is 2.20. The molecule has 2 fully saturated rings. The summed E-state index contributed by atoms with van der Waals surface area (Å²) in [6.45, 7) is 11.5. The van der Waals surface area contributed by atoms with Crippen LogP contribution in [0.2, 0.25) is 0 Å². The first-order valence-electron chi connectivity index (χ1n) is 9.77. The molecule has 0 spiro atoms. The molecule has 7 heteroatoms. The summed E-state index contributed by atoms with van der Waals surface area (Å²) < 4.78 is 5.08. The SMILES string of the molecule is CCNC(=NCCC1CCN(C)CC1)N1CCN(C(=O)OCC)CC1. The van der Waals surface area contributed by atoms with E-state index in [9.17, 15) is 4.79 Å². The first-order chi connectivity index (χ1) is 12.1. The number of amides is 1. The summed E-state index contributed by atoms with van der Waals surface area (Å²) in [5, 5.41) is 3.40. The minimum Gasteiger partial charge on any atom is -0.450 e. The van der Waals surface area contributed by atoms with E-state index < -0.39 is 0 Å². The predicted octanol–water partition coefficient (Wildman–Crippen LogP) is 1.46. The summed E-state index contributed by atoms with van der Waals surface area (Å²) in [6, 6.07) is 0. The normalized spacial score (nSPS) is 20.7. The standard InChI is InChI=1S/C18H35N5O2/c1-4-19-17(20-9-6-16-7-10-21(3)11-8-16)22-12-14-23(15-13-22)18(24)25-5-2/h16H,4-15H2,1-3H3,(H,19,20). The summed E-state index contributed by atoms with van der Waals surface area (Å²) in [6.07, 6.45) is 3.55. The van der Waals surface area contributed by atoms with E-state index in [0.29, 0.717) is 19.7 Å². The Labute approximate surface area is 152 Å². The lowest BCUT2D eigenvalue weighted by atomic mass is 9.94. The molecule has 7 nitrogen and oxygen atoms in total. The average molecular weight is 354 g/mol. The molecule has 2 saturated heterocycles. The van der Waals surface area contributed by atoms with Crippen LogP contribution in [-0.4, -0.2) is 92.8 Å². The third kappa shape index (κ3) is 6.38. The molecule has 2 aliphatic heterocycles. The summed E-state index contributed by atoms with van der Waals surface area (Å²) in [5.41, 5.74) is 0. The molecule has 1 amide bonds. The molecular weight excluding hydrogens is 318 g/mol. The number of carbonyl (C=O) groups excluding carboxylic acids is 1. The van der Waals surface area contributed by atoms with Crippen molar-refractivity contribution in [3.8, 4) is 0 Å². The predicted molar refractivity (Wildman–Crippen MR) is 101 cm³/mol. The van der Waals surface area contributed by atoms with Gasteiger partial charge in [-0.1, -0.05) is 0 Å². The smallest absolute Gasteiger partial charge is 0.409 e. The Morgan fingerprint density at radius 1 is 1.08 bits per heavy atom. The molecule has 2 rings (SSSR count). The van der Waals surface area contributed by atoms with Crippen molar-refractivity contribution in [2.45, 2.75) is 33.1 Å². The maximum Gasteiger partial charge on any atom is 0.409 e. The van der Waals surface area contributed by atoms with Crippen molar-refractivity contribution in [1.29, 1.82) is 0 Å². The van der Waals surface area contributed by atoms with Gasteiger partial charge in [-0.15, -0.1) is 0 Å². The Morgan fingerprint density at radius 3 is 2.32 bits per heavy atom. The molecule has 0 bridgehead atoms. The van der Waals surface area contributed by atoms with E-state index in [0.717, 1.165) is 38.1 Å². The Bertz CT molecular complexity index is 427. The zero-order valence-corrected chi connectivity index (χ0v) is 16.2. The number of nitrogens with one attached hydrogen (secondary N) is 1. The van der Waals surface area contributed by atoms with Crippen LogP contribution in [0.15, 0.2) is 4.99 Å². The molecule has 1 N–H and O–H groups in total. The largest absolute Gasteiger partial charge is 0.450 e. The lowest BCUT2D eigenvalue weighted by molar-refractivity contribution is 0.0914. The van der Waals surface area contributed by atoms with E-state index in [1.165, 1.54) is 32.4 Å². The Morgan fingerprint density at radius 2 is 1.72 bits per heavy atom. The van der Waals surface area contributed by atoms with E-state index in [4.69, 9.17) is 9.73 Å². The van der Waals surface area contributed by atoms with Gasteiger partial charge in [0.2, 0.25) is 0 Å². The molecule has 0 aromatic heterocycles. The van der Waals surface area contributed by atoms with Gasteiger partial charge in [0.05, 0.1) is 6.61 Å². The molecular formula is C18H35N5O2.